The standard InChI is InChI=1S/C49H96NO7P/c1-3-5-7-9-11-13-15-17-19-20-21-22-23-24-25-26-27-29-31-33-35-37-39-41-44-54-46-48(47-56-58(52,53)55-45-43-50)57-49(51)42-40-38-36-34-32-30-28-18-16-14-12-10-8-6-4-2/h12,14,18,28,48H,3-11,13,15-17,19-27,29-47,50H2,1-2H3,(H,52,53)/b14-12-,28-18-. The van der Waals surface area contributed by atoms with Crippen LogP contribution in [0.4, 0.5) is 0 Å². The fourth-order valence-corrected chi connectivity index (χ4v) is 7.97. The molecule has 0 aliphatic rings. The molecule has 0 radical (unpaired) electrons. The summed E-state index contributed by atoms with van der Waals surface area (Å²) < 4.78 is 33.5. The molecule has 0 heterocycles. The Morgan fingerprint density at radius 3 is 1.38 bits per heavy atom. The second-order valence-electron chi connectivity index (χ2n) is 16.7. The summed E-state index contributed by atoms with van der Waals surface area (Å²) in [5, 5.41) is 0. The summed E-state index contributed by atoms with van der Waals surface area (Å²) in [6.07, 6.45) is 53.6. The van der Waals surface area contributed by atoms with Gasteiger partial charge < -0.3 is 20.1 Å². The molecule has 0 saturated heterocycles. The van der Waals surface area contributed by atoms with Gasteiger partial charge in [0.15, 0.2) is 0 Å². The maximum Gasteiger partial charge on any atom is 0.472 e. The van der Waals surface area contributed by atoms with E-state index in [0.717, 1.165) is 57.8 Å². The first-order valence-corrected chi connectivity index (χ1v) is 26.3. The van der Waals surface area contributed by atoms with Crippen molar-refractivity contribution in [3.05, 3.63) is 24.3 Å². The first-order chi connectivity index (χ1) is 28.4. The lowest BCUT2D eigenvalue weighted by Crippen LogP contribution is -2.28. The average molecular weight is 842 g/mol. The van der Waals surface area contributed by atoms with Crippen molar-refractivity contribution in [2.45, 2.75) is 251 Å². The maximum atomic E-state index is 12.6. The summed E-state index contributed by atoms with van der Waals surface area (Å²) in [7, 11) is -4.28. The summed E-state index contributed by atoms with van der Waals surface area (Å²) in [6, 6.07) is 0. The third kappa shape index (κ3) is 46.1. The number of carbonyl (C=O) groups excluding carboxylic acids is 1. The third-order valence-electron chi connectivity index (χ3n) is 10.9. The Hall–Kier alpha value is -1.02. The first-order valence-electron chi connectivity index (χ1n) is 24.8. The van der Waals surface area contributed by atoms with Crippen molar-refractivity contribution < 1.29 is 32.8 Å². The largest absolute Gasteiger partial charge is 0.472 e. The van der Waals surface area contributed by atoms with Crippen molar-refractivity contribution in [1.82, 2.24) is 0 Å². The van der Waals surface area contributed by atoms with Crippen LogP contribution >= 0.6 is 7.82 Å². The number of phosphoric ester groups is 1. The van der Waals surface area contributed by atoms with Gasteiger partial charge in [-0.2, -0.15) is 0 Å². The van der Waals surface area contributed by atoms with E-state index in [1.54, 1.807) is 0 Å². The van der Waals surface area contributed by atoms with Gasteiger partial charge in [-0.3, -0.25) is 13.8 Å². The molecule has 9 heteroatoms. The molecule has 3 N–H and O–H groups in total. The van der Waals surface area contributed by atoms with E-state index in [2.05, 4.69) is 38.2 Å². The monoisotopic (exact) mass is 842 g/mol. The minimum atomic E-state index is -4.28. The van der Waals surface area contributed by atoms with Crippen molar-refractivity contribution in [2.24, 2.45) is 5.73 Å². The van der Waals surface area contributed by atoms with E-state index < -0.39 is 13.9 Å². The summed E-state index contributed by atoms with van der Waals surface area (Å²) in [4.78, 5) is 22.5. The van der Waals surface area contributed by atoms with Crippen molar-refractivity contribution in [2.75, 3.05) is 33.0 Å². The molecule has 58 heavy (non-hydrogen) atoms. The highest BCUT2D eigenvalue weighted by Crippen LogP contribution is 2.43. The fourth-order valence-electron chi connectivity index (χ4n) is 7.21. The van der Waals surface area contributed by atoms with Crippen LogP contribution in [0, 0.1) is 0 Å². The molecular weight excluding hydrogens is 746 g/mol. The summed E-state index contributed by atoms with van der Waals surface area (Å²) in [5.41, 5.74) is 5.38. The molecule has 8 nitrogen and oxygen atoms in total. The fraction of sp³-hybridized carbons (Fsp3) is 0.898. The van der Waals surface area contributed by atoms with Gasteiger partial charge in [-0.1, -0.05) is 218 Å². The zero-order valence-electron chi connectivity index (χ0n) is 38.3. The smallest absolute Gasteiger partial charge is 0.457 e. The summed E-state index contributed by atoms with van der Waals surface area (Å²) in [6.45, 7) is 4.93. The Balaban J connectivity index is 3.89. The SMILES string of the molecule is CCCCC/C=C\C/C=C\CCCCCCCC(=O)OC(COCCCCCCCCCCCCCCCCCCCCCCCCCC)COP(=O)(O)OCCN. The highest BCUT2D eigenvalue weighted by molar-refractivity contribution is 7.47. The Bertz CT molecular complexity index is 946. The van der Waals surface area contributed by atoms with Crippen LogP contribution in [0.2, 0.25) is 0 Å². The van der Waals surface area contributed by atoms with Gasteiger partial charge in [0.1, 0.15) is 6.10 Å². The summed E-state index contributed by atoms with van der Waals surface area (Å²) >= 11 is 0. The number of allylic oxidation sites excluding steroid dienone is 4. The number of ether oxygens (including phenoxy) is 2. The van der Waals surface area contributed by atoms with Gasteiger partial charge in [0.25, 0.3) is 0 Å². The number of hydrogen-bond donors (Lipinski definition) is 2. The molecule has 0 aliphatic heterocycles. The van der Waals surface area contributed by atoms with Gasteiger partial charge in [-0.05, 0) is 44.9 Å². The van der Waals surface area contributed by atoms with Gasteiger partial charge in [0.05, 0.1) is 19.8 Å². The highest BCUT2D eigenvalue weighted by atomic mass is 31.2. The zero-order valence-corrected chi connectivity index (χ0v) is 39.2. The van der Waals surface area contributed by atoms with E-state index in [1.807, 2.05) is 0 Å². The molecule has 2 atom stereocenters. The molecule has 0 aromatic carbocycles. The lowest BCUT2D eigenvalue weighted by Gasteiger charge is -2.20. The van der Waals surface area contributed by atoms with Crippen LogP contribution in [0.3, 0.4) is 0 Å². The topological polar surface area (TPSA) is 117 Å². The molecule has 0 aromatic heterocycles. The van der Waals surface area contributed by atoms with Crippen molar-refractivity contribution in [3.63, 3.8) is 0 Å². The zero-order chi connectivity index (χ0) is 42.3. The Morgan fingerprint density at radius 1 is 0.517 bits per heavy atom. The number of rotatable bonds is 48. The average Bonchev–Trinajstić information content (AvgIpc) is 3.21. The number of hydrogen-bond acceptors (Lipinski definition) is 7. The van der Waals surface area contributed by atoms with Crippen LogP contribution in [0.5, 0.6) is 0 Å². The minimum Gasteiger partial charge on any atom is -0.457 e. The van der Waals surface area contributed by atoms with E-state index >= 15 is 0 Å². The predicted molar refractivity (Wildman–Crippen MR) is 247 cm³/mol. The Labute approximate surface area is 359 Å². The van der Waals surface area contributed by atoms with Gasteiger partial charge in [-0.15, -0.1) is 0 Å². The molecule has 0 rings (SSSR count). The van der Waals surface area contributed by atoms with Crippen LogP contribution < -0.4 is 5.73 Å². The molecular formula is C49H96NO7P. The lowest BCUT2D eigenvalue weighted by atomic mass is 10.0. The Morgan fingerprint density at radius 2 is 0.914 bits per heavy atom. The van der Waals surface area contributed by atoms with Crippen LogP contribution in [0.25, 0.3) is 0 Å². The predicted octanol–water partition coefficient (Wildman–Crippen LogP) is 15.2. The van der Waals surface area contributed by atoms with Gasteiger partial charge in [-0.25, -0.2) is 4.57 Å². The van der Waals surface area contributed by atoms with Crippen molar-refractivity contribution in [3.8, 4) is 0 Å². The Kier molecular flexibility index (Phi) is 46.2. The van der Waals surface area contributed by atoms with Crippen molar-refractivity contribution >= 4 is 13.8 Å². The highest BCUT2D eigenvalue weighted by Gasteiger charge is 2.25. The molecule has 0 spiro atoms. The van der Waals surface area contributed by atoms with Crippen LogP contribution in [0.1, 0.15) is 245 Å². The summed E-state index contributed by atoms with van der Waals surface area (Å²) in [5.74, 6) is -0.339. The number of nitrogens with two attached hydrogens (primary N) is 1. The van der Waals surface area contributed by atoms with E-state index in [1.165, 1.54) is 167 Å². The van der Waals surface area contributed by atoms with E-state index in [0.29, 0.717) is 13.0 Å². The minimum absolute atomic E-state index is 0.0961. The lowest BCUT2D eigenvalue weighted by molar-refractivity contribution is -0.154. The number of unbranched alkanes of at least 4 members (excludes halogenated alkanes) is 31. The second-order valence-corrected chi connectivity index (χ2v) is 18.1. The van der Waals surface area contributed by atoms with E-state index in [4.69, 9.17) is 24.3 Å². The molecule has 2 unspecified atom stereocenters. The van der Waals surface area contributed by atoms with Crippen LogP contribution in [-0.2, 0) is 27.9 Å². The van der Waals surface area contributed by atoms with Crippen LogP contribution in [0.15, 0.2) is 24.3 Å². The van der Waals surface area contributed by atoms with Crippen LogP contribution in [-0.4, -0.2) is 49.9 Å². The van der Waals surface area contributed by atoms with Gasteiger partial charge in [0.2, 0.25) is 0 Å². The molecule has 344 valence electrons. The first kappa shape index (κ1) is 57.0. The number of esters is 1. The van der Waals surface area contributed by atoms with E-state index in [9.17, 15) is 14.3 Å². The molecule has 0 fully saturated rings. The van der Waals surface area contributed by atoms with Crippen molar-refractivity contribution in [1.29, 1.82) is 0 Å². The normalized spacial score (nSPS) is 13.5. The molecule has 0 saturated carbocycles. The quantitative estimate of drug-likeness (QED) is 0.0269. The van der Waals surface area contributed by atoms with Gasteiger partial charge in [0, 0.05) is 19.6 Å². The number of phosphoric acid groups is 1. The van der Waals surface area contributed by atoms with E-state index in [-0.39, 0.29) is 32.3 Å². The second kappa shape index (κ2) is 47.0. The molecule has 0 aromatic rings. The molecule has 0 aliphatic carbocycles. The maximum absolute atomic E-state index is 12.6. The molecule has 0 amide bonds. The van der Waals surface area contributed by atoms with Gasteiger partial charge >= 0.3 is 13.8 Å². The number of carbonyl (C=O) groups is 1. The third-order valence-corrected chi connectivity index (χ3v) is 11.9. The molecule has 0 bridgehead atoms.